The third-order valence-electron chi connectivity index (χ3n) is 2.49. The summed E-state index contributed by atoms with van der Waals surface area (Å²) in [4.78, 5) is 31.6. The molecule has 10 heteroatoms. The Hall–Kier alpha value is -2.78. The van der Waals surface area contributed by atoms with Crippen LogP contribution < -0.4 is 10.6 Å². The molecule has 0 spiro atoms. The number of carbonyl (C=O) groups is 2. The van der Waals surface area contributed by atoms with E-state index in [2.05, 4.69) is 0 Å². The predicted octanol–water partition coefficient (Wildman–Crippen LogP) is 1.86. The summed E-state index contributed by atoms with van der Waals surface area (Å²) in [5.41, 5.74) is -1.65. The van der Waals surface area contributed by atoms with Gasteiger partial charge in [-0.1, -0.05) is 6.92 Å². The van der Waals surface area contributed by atoms with Crippen LogP contribution in [-0.2, 0) is 4.79 Å². The van der Waals surface area contributed by atoms with Crippen molar-refractivity contribution in [1.29, 1.82) is 0 Å². The second-order valence-electron chi connectivity index (χ2n) is 3.94. The number of nitrogens with zero attached hydrogens (tertiary/aromatic N) is 1. The average molecular weight is 303 g/mol. The van der Waals surface area contributed by atoms with E-state index in [-0.39, 0.29) is 12.5 Å². The quantitative estimate of drug-likeness (QED) is 0.566. The first-order chi connectivity index (χ1) is 9.76. The molecule has 0 aromatic heterocycles. The second-order valence-corrected chi connectivity index (χ2v) is 3.94. The van der Waals surface area contributed by atoms with E-state index in [0.717, 1.165) is 0 Å². The lowest BCUT2D eigenvalue weighted by Gasteiger charge is -2.13. The normalized spacial score (nSPS) is 11.6. The van der Waals surface area contributed by atoms with Crippen LogP contribution >= 0.6 is 0 Å². The Morgan fingerprint density at radius 1 is 1.38 bits per heavy atom. The molecule has 21 heavy (non-hydrogen) atoms. The van der Waals surface area contributed by atoms with Crippen LogP contribution in [0.1, 0.15) is 13.3 Å². The second kappa shape index (κ2) is 6.59. The molecular weight excluding hydrogens is 292 g/mol. The molecule has 0 saturated carbocycles. The van der Waals surface area contributed by atoms with Crippen LogP contribution in [0.4, 0.5) is 25.0 Å². The van der Waals surface area contributed by atoms with Crippen LogP contribution in [0.3, 0.4) is 0 Å². The highest BCUT2D eigenvalue weighted by molar-refractivity contribution is 5.92. The molecule has 0 heterocycles. The number of carbonyl (C=O) groups excluding carboxylic acids is 1. The highest BCUT2D eigenvalue weighted by Gasteiger charge is 2.21. The van der Waals surface area contributed by atoms with Gasteiger partial charge in [0.25, 0.3) is 0 Å². The molecule has 0 radical (unpaired) electrons. The third-order valence-corrected chi connectivity index (χ3v) is 2.49. The van der Waals surface area contributed by atoms with E-state index in [1.807, 2.05) is 10.6 Å². The van der Waals surface area contributed by atoms with E-state index in [1.54, 1.807) is 0 Å². The third kappa shape index (κ3) is 4.09. The number of amides is 2. The average Bonchev–Trinajstić information content (AvgIpc) is 2.38. The van der Waals surface area contributed by atoms with Crippen LogP contribution in [0.25, 0.3) is 0 Å². The van der Waals surface area contributed by atoms with Gasteiger partial charge in [-0.3, -0.25) is 10.1 Å². The number of benzene rings is 1. The largest absolute Gasteiger partial charge is 0.480 e. The lowest BCUT2D eigenvalue weighted by atomic mass is 10.2. The summed E-state index contributed by atoms with van der Waals surface area (Å²) in [5.74, 6) is -3.91. The highest BCUT2D eigenvalue weighted by Crippen LogP contribution is 2.24. The zero-order valence-electron chi connectivity index (χ0n) is 10.7. The number of nitro benzene ring substituents is 1. The summed E-state index contributed by atoms with van der Waals surface area (Å²) in [6.07, 6.45) is 0.0782. The molecule has 3 N–H and O–H groups in total. The van der Waals surface area contributed by atoms with Crippen LogP contribution in [0, 0.1) is 21.7 Å². The molecule has 0 aliphatic carbocycles. The lowest BCUT2D eigenvalue weighted by Crippen LogP contribution is -2.42. The van der Waals surface area contributed by atoms with Crippen LogP contribution in [-0.4, -0.2) is 28.1 Å². The number of anilines is 1. The van der Waals surface area contributed by atoms with Gasteiger partial charge < -0.3 is 15.7 Å². The van der Waals surface area contributed by atoms with Crippen molar-refractivity contribution in [2.24, 2.45) is 0 Å². The van der Waals surface area contributed by atoms with Crippen molar-refractivity contribution in [1.82, 2.24) is 5.32 Å². The van der Waals surface area contributed by atoms with Gasteiger partial charge in [0.2, 0.25) is 5.82 Å². The smallest absolute Gasteiger partial charge is 0.326 e. The summed E-state index contributed by atoms with van der Waals surface area (Å²) < 4.78 is 26.5. The SMILES string of the molecule is CC[C@@H](NC(=O)Nc1cc([N+](=O)[O-])c(F)cc1F)C(=O)O. The van der Waals surface area contributed by atoms with Crippen molar-refractivity contribution < 1.29 is 28.4 Å². The number of urea groups is 1. The molecule has 2 amide bonds. The number of aliphatic carboxylic acids is 1. The van der Waals surface area contributed by atoms with E-state index in [0.29, 0.717) is 6.07 Å². The van der Waals surface area contributed by atoms with Crippen LogP contribution in [0.2, 0.25) is 0 Å². The van der Waals surface area contributed by atoms with E-state index >= 15 is 0 Å². The van der Waals surface area contributed by atoms with Crippen molar-refractivity contribution in [3.8, 4) is 0 Å². The van der Waals surface area contributed by atoms with Crippen LogP contribution in [0.15, 0.2) is 12.1 Å². The van der Waals surface area contributed by atoms with Crippen molar-refractivity contribution in [2.45, 2.75) is 19.4 Å². The topological polar surface area (TPSA) is 122 Å². The minimum Gasteiger partial charge on any atom is -0.480 e. The van der Waals surface area contributed by atoms with Gasteiger partial charge in [0.15, 0.2) is 0 Å². The molecular formula is C11H11F2N3O5. The van der Waals surface area contributed by atoms with Crippen molar-refractivity contribution in [3.63, 3.8) is 0 Å². The summed E-state index contributed by atoms with van der Waals surface area (Å²) in [6.45, 7) is 1.50. The summed E-state index contributed by atoms with van der Waals surface area (Å²) in [5, 5.41) is 23.2. The maximum Gasteiger partial charge on any atom is 0.326 e. The van der Waals surface area contributed by atoms with Crippen molar-refractivity contribution >= 4 is 23.4 Å². The number of hydrogen-bond donors (Lipinski definition) is 3. The summed E-state index contributed by atoms with van der Waals surface area (Å²) in [6, 6.07) is -1.53. The Labute approximate surface area is 116 Å². The maximum absolute atomic E-state index is 13.4. The van der Waals surface area contributed by atoms with E-state index in [4.69, 9.17) is 5.11 Å². The molecule has 0 unspecified atom stereocenters. The van der Waals surface area contributed by atoms with Crippen molar-refractivity contribution in [3.05, 3.63) is 33.9 Å². The van der Waals surface area contributed by atoms with E-state index < -0.39 is 46.0 Å². The number of nitrogens with one attached hydrogen (secondary N) is 2. The first kappa shape index (κ1) is 16.3. The molecule has 8 nitrogen and oxygen atoms in total. The van der Waals surface area contributed by atoms with Gasteiger partial charge in [0, 0.05) is 12.1 Å². The monoisotopic (exact) mass is 303 g/mol. The van der Waals surface area contributed by atoms with Gasteiger partial charge >= 0.3 is 17.7 Å². The molecule has 0 bridgehead atoms. The molecule has 1 atom stereocenters. The molecule has 1 aromatic rings. The molecule has 0 aliphatic rings. The Morgan fingerprint density at radius 3 is 2.48 bits per heavy atom. The summed E-state index contributed by atoms with van der Waals surface area (Å²) >= 11 is 0. The van der Waals surface area contributed by atoms with Gasteiger partial charge in [-0.15, -0.1) is 0 Å². The Morgan fingerprint density at radius 2 is 2.00 bits per heavy atom. The molecule has 1 rings (SSSR count). The highest BCUT2D eigenvalue weighted by atomic mass is 19.1. The Bertz CT molecular complexity index is 593. The zero-order chi connectivity index (χ0) is 16.2. The Balaban J connectivity index is 2.92. The molecule has 114 valence electrons. The summed E-state index contributed by atoms with van der Waals surface area (Å²) in [7, 11) is 0. The van der Waals surface area contributed by atoms with Crippen LogP contribution in [0.5, 0.6) is 0 Å². The fourth-order valence-electron chi connectivity index (χ4n) is 1.43. The lowest BCUT2D eigenvalue weighted by molar-refractivity contribution is -0.387. The molecule has 0 fully saturated rings. The number of carboxylic acids is 1. The number of hydrogen-bond acceptors (Lipinski definition) is 4. The van der Waals surface area contributed by atoms with Gasteiger partial charge in [0.05, 0.1) is 10.6 Å². The molecule has 0 saturated heterocycles. The molecule has 1 aromatic carbocycles. The van der Waals surface area contributed by atoms with Gasteiger partial charge in [-0.2, -0.15) is 4.39 Å². The minimum atomic E-state index is -1.39. The van der Waals surface area contributed by atoms with Gasteiger partial charge in [-0.25, -0.2) is 14.0 Å². The number of halogens is 2. The zero-order valence-corrected chi connectivity index (χ0v) is 10.7. The number of rotatable bonds is 5. The number of carboxylic acid groups (broad SMARTS) is 1. The van der Waals surface area contributed by atoms with E-state index in [9.17, 15) is 28.5 Å². The number of nitro groups is 1. The first-order valence-corrected chi connectivity index (χ1v) is 5.70. The van der Waals surface area contributed by atoms with E-state index in [1.165, 1.54) is 6.92 Å². The standard InChI is InChI=1S/C11H11F2N3O5/c1-2-7(10(17)18)14-11(19)15-8-4-9(16(20)21)6(13)3-5(8)12/h3-4,7H,2H2,1H3,(H,17,18)(H2,14,15,19)/t7-/m1/s1. The molecule has 0 aliphatic heterocycles. The predicted molar refractivity (Wildman–Crippen MR) is 66.9 cm³/mol. The maximum atomic E-state index is 13.4. The van der Waals surface area contributed by atoms with Gasteiger partial charge in [-0.05, 0) is 6.42 Å². The fourth-order valence-corrected chi connectivity index (χ4v) is 1.43. The minimum absolute atomic E-state index is 0.0782. The fraction of sp³-hybridized carbons (Fsp3) is 0.273. The van der Waals surface area contributed by atoms with Gasteiger partial charge in [0.1, 0.15) is 11.9 Å². The first-order valence-electron chi connectivity index (χ1n) is 5.70. The Kier molecular flexibility index (Phi) is 5.11. The van der Waals surface area contributed by atoms with Crippen molar-refractivity contribution in [2.75, 3.05) is 5.32 Å².